The molecule has 3 heteroatoms. The summed E-state index contributed by atoms with van der Waals surface area (Å²) in [4.78, 5) is 4.98. The van der Waals surface area contributed by atoms with Crippen molar-refractivity contribution in [2.75, 3.05) is 0 Å². The molecule has 0 heterocycles. The molecule has 4 atom stereocenters. The van der Waals surface area contributed by atoms with Crippen LogP contribution >= 0.6 is 0 Å². The Hall–Kier alpha value is -1.09. The third-order valence-corrected chi connectivity index (χ3v) is 13.8. The van der Waals surface area contributed by atoms with E-state index in [0.717, 1.165) is 28.5 Å². The minimum Gasteiger partial charge on any atom is -0.507 e. The van der Waals surface area contributed by atoms with Crippen molar-refractivity contribution >= 4 is 14.3 Å². The van der Waals surface area contributed by atoms with Crippen molar-refractivity contribution in [2.45, 2.75) is 76.7 Å². The number of phenols is 1. The monoisotopic (exact) mass is 343 g/mol. The molecule has 1 aromatic rings. The molecular weight excluding hydrogens is 310 g/mol. The van der Waals surface area contributed by atoms with E-state index in [1.54, 1.807) is 0 Å². The van der Waals surface area contributed by atoms with Crippen molar-refractivity contribution in [3.8, 4) is 5.75 Å². The van der Waals surface area contributed by atoms with Crippen LogP contribution < -0.4 is 0 Å². The van der Waals surface area contributed by atoms with Gasteiger partial charge in [-0.3, -0.25) is 4.99 Å². The molecular formula is C21H33NOSi. The molecule has 0 spiro atoms. The lowest BCUT2D eigenvalue weighted by molar-refractivity contribution is 0.409. The average Bonchev–Trinajstić information content (AvgIpc) is 3.19. The standard InChI is InChI=1S/C21H33NOSi/c1-5-24(6-2,7-3)20-13-16-11-18(20)19(12-16)22-14-17-10-8-9-15(4)21(17)23/h8-10,14,16,18-20,23H,5-7,11-13H2,1-4H3. The summed E-state index contributed by atoms with van der Waals surface area (Å²) in [6.45, 7) is 9.26. The molecule has 2 aliphatic rings. The second-order valence-corrected chi connectivity index (χ2v) is 13.7. The second kappa shape index (κ2) is 7.03. The van der Waals surface area contributed by atoms with Gasteiger partial charge in [0.1, 0.15) is 5.75 Å². The molecule has 1 N–H and O–H groups in total. The third-order valence-electron chi connectivity index (χ3n) is 7.35. The van der Waals surface area contributed by atoms with E-state index in [9.17, 15) is 5.11 Å². The zero-order valence-corrected chi connectivity index (χ0v) is 16.8. The van der Waals surface area contributed by atoms with Crippen molar-refractivity contribution in [3.63, 3.8) is 0 Å². The molecule has 0 aromatic heterocycles. The first-order valence-electron chi connectivity index (χ1n) is 9.86. The molecule has 0 aliphatic heterocycles. The second-order valence-electron chi connectivity index (χ2n) is 8.12. The molecule has 24 heavy (non-hydrogen) atoms. The summed E-state index contributed by atoms with van der Waals surface area (Å²) in [7, 11) is -1.13. The predicted octanol–water partition coefficient (Wildman–Crippen LogP) is 5.80. The van der Waals surface area contributed by atoms with E-state index >= 15 is 0 Å². The van der Waals surface area contributed by atoms with Crippen LogP contribution in [0.1, 0.15) is 51.2 Å². The number of hydrogen-bond acceptors (Lipinski definition) is 2. The maximum atomic E-state index is 10.2. The highest BCUT2D eigenvalue weighted by Crippen LogP contribution is 2.58. The summed E-state index contributed by atoms with van der Waals surface area (Å²) in [5.41, 5.74) is 2.78. The maximum Gasteiger partial charge on any atom is 0.127 e. The fourth-order valence-electron chi connectivity index (χ4n) is 5.69. The molecule has 3 rings (SSSR count). The highest BCUT2D eigenvalue weighted by molar-refractivity contribution is 6.81. The van der Waals surface area contributed by atoms with Crippen LogP contribution in [-0.4, -0.2) is 25.4 Å². The van der Waals surface area contributed by atoms with Crippen molar-refractivity contribution in [1.29, 1.82) is 0 Å². The van der Waals surface area contributed by atoms with Crippen LogP contribution in [0.15, 0.2) is 23.2 Å². The normalized spacial score (nSPS) is 29.7. The van der Waals surface area contributed by atoms with Crippen LogP contribution in [0.4, 0.5) is 0 Å². The Bertz CT molecular complexity index is 600. The number of hydrogen-bond donors (Lipinski definition) is 1. The molecule has 0 amide bonds. The van der Waals surface area contributed by atoms with Crippen LogP contribution in [0.3, 0.4) is 0 Å². The van der Waals surface area contributed by atoms with E-state index in [4.69, 9.17) is 4.99 Å². The van der Waals surface area contributed by atoms with Gasteiger partial charge in [-0.25, -0.2) is 0 Å². The van der Waals surface area contributed by atoms with E-state index in [2.05, 4.69) is 20.8 Å². The molecule has 132 valence electrons. The Kier molecular flexibility index (Phi) is 5.19. The van der Waals surface area contributed by atoms with Crippen molar-refractivity contribution in [3.05, 3.63) is 29.3 Å². The number of aliphatic imine (C=N–C) groups is 1. The quantitative estimate of drug-likeness (QED) is 0.514. The summed E-state index contributed by atoms with van der Waals surface area (Å²) in [5.74, 6) is 2.11. The summed E-state index contributed by atoms with van der Waals surface area (Å²) in [5, 5.41) is 10.2. The van der Waals surface area contributed by atoms with Crippen LogP contribution in [0.2, 0.25) is 23.7 Å². The minimum absolute atomic E-state index is 0.389. The topological polar surface area (TPSA) is 32.6 Å². The first-order chi connectivity index (χ1) is 11.5. The number of benzene rings is 1. The summed E-state index contributed by atoms with van der Waals surface area (Å²) in [6, 6.07) is 10.7. The number of rotatable bonds is 6. The molecule has 4 unspecified atom stereocenters. The molecule has 2 bridgehead atoms. The van der Waals surface area contributed by atoms with Crippen LogP contribution in [-0.2, 0) is 0 Å². The van der Waals surface area contributed by atoms with E-state index in [0.29, 0.717) is 11.8 Å². The lowest BCUT2D eigenvalue weighted by atomic mass is 9.95. The smallest absolute Gasteiger partial charge is 0.127 e. The zero-order chi connectivity index (χ0) is 17.3. The Morgan fingerprint density at radius 3 is 2.46 bits per heavy atom. The molecule has 2 saturated carbocycles. The SMILES string of the molecule is CC[Si](CC)(CC)C1CC2CC(N=Cc3cccc(C)c3O)C1C2. The van der Waals surface area contributed by atoms with Gasteiger partial charge in [0.05, 0.1) is 14.1 Å². The molecule has 1 aromatic carbocycles. The average molecular weight is 344 g/mol. The van der Waals surface area contributed by atoms with Gasteiger partial charge in [0.2, 0.25) is 0 Å². The van der Waals surface area contributed by atoms with Gasteiger partial charge in [0.25, 0.3) is 0 Å². The third kappa shape index (κ3) is 2.96. The molecule has 2 aliphatic carbocycles. The Balaban J connectivity index is 1.79. The predicted molar refractivity (Wildman–Crippen MR) is 106 cm³/mol. The van der Waals surface area contributed by atoms with Gasteiger partial charge < -0.3 is 5.11 Å². The summed E-state index contributed by atoms with van der Waals surface area (Å²) < 4.78 is 0. The van der Waals surface area contributed by atoms with Gasteiger partial charge in [-0.2, -0.15) is 0 Å². The number of aromatic hydroxyl groups is 1. The Morgan fingerprint density at radius 2 is 1.83 bits per heavy atom. The first kappa shape index (κ1) is 17.7. The number of para-hydroxylation sites is 1. The molecule has 0 saturated heterocycles. The largest absolute Gasteiger partial charge is 0.507 e. The van der Waals surface area contributed by atoms with Gasteiger partial charge in [-0.15, -0.1) is 0 Å². The fraction of sp³-hybridized carbons (Fsp3) is 0.667. The van der Waals surface area contributed by atoms with Crippen LogP contribution in [0.25, 0.3) is 0 Å². The lowest BCUT2D eigenvalue weighted by Crippen LogP contribution is -2.42. The minimum atomic E-state index is -1.13. The van der Waals surface area contributed by atoms with E-state index in [1.807, 2.05) is 31.3 Å². The number of aryl methyl sites for hydroxylation is 1. The highest BCUT2D eigenvalue weighted by atomic mass is 28.3. The summed E-state index contributed by atoms with van der Waals surface area (Å²) in [6.07, 6.45) is 6.10. The summed E-state index contributed by atoms with van der Waals surface area (Å²) >= 11 is 0. The molecule has 0 radical (unpaired) electrons. The Labute approximate surface area is 148 Å². The highest BCUT2D eigenvalue weighted by Gasteiger charge is 2.53. The van der Waals surface area contributed by atoms with Gasteiger partial charge in [0.15, 0.2) is 0 Å². The van der Waals surface area contributed by atoms with Crippen LogP contribution in [0.5, 0.6) is 5.75 Å². The molecule has 2 fully saturated rings. The van der Waals surface area contributed by atoms with E-state index in [1.165, 1.54) is 37.4 Å². The maximum absolute atomic E-state index is 10.2. The lowest BCUT2D eigenvalue weighted by Gasteiger charge is -2.41. The Morgan fingerprint density at radius 1 is 1.12 bits per heavy atom. The van der Waals surface area contributed by atoms with E-state index in [-0.39, 0.29) is 0 Å². The number of phenolic OH excluding ortho intramolecular Hbond substituents is 1. The van der Waals surface area contributed by atoms with Gasteiger partial charge in [0, 0.05) is 11.8 Å². The molecule has 2 nitrogen and oxygen atoms in total. The van der Waals surface area contributed by atoms with Gasteiger partial charge in [-0.05, 0) is 55.2 Å². The zero-order valence-electron chi connectivity index (χ0n) is 15.8. The van der Waals surface area contributed by atoms with Crippen molar-refractivity contribution < 1.29 is 5.11 Å². The van der Waals surface area contributed by atoms with Crippen molar-refractivity contribution in [2.24, 2.45) is 16.8 Å². The van der Waals surface area contributed by atoms with Crippen molar-refractivity contribution in [1.82, 2.24) is 0 Å². The van der Waals surface area contributed by atoms with Gasteiger partial charge >= 0.3 is 0 Å². The van der Waals surface area contributed by atoms with Crippen LogP contribution in [0, 0.1) is 18.8 Å². The van der Waals surface area contributed by atoms with E-state index < -0.39 is 8.07 Å². The number of nitrogens with zero attached hydrogens (tertiary/aromatic N) is 1. The fourth-order valence-corrected chi connectivity index (χ4v) is 10.9. The number of fused-ring (bicyclic) bond motifs is 2. The van der Waals surface area contributed by atoms with Gasteiger partial charge in [-0.1, -0.05) is 51.0 Å². The first-order valence-corrected chi connectivity index (χ1v) is 12.6.